The lowest BCUT2D eigenvalue weighted by atomic mass is 9.59. The van der Waals surface area contributed by atoms with Crippen molar-refractivity contribution in [2.24, 2.45) is 11.3 Å². The first-order valence-electron chi connectivity index (χ1n) is 6.59. The zero-order chi connectivity index (χ0) is 12.9. The van der Waals surface area contributed by atoms with Gasteiger partial charge in [0.2, 0.25) is 0 Å². The second kappa shape index (κ2) is 7.10. The molecule has 0 amide bonds. The number of halogens is 1. The first-order chi connectivity index (χ1) is 8.05. The molecule has 1 rings (SSSR count). The number of hydrogen-bond acceptors (Lipinski definition) is 2. The van der Waals surface area contributed by atoms with Gasteiger partial charge in [-0.2, -0.15) is 0 Å². The maximum absolute atomic E-state index is 6.02. The quantitative estimate of drug-likeness (QED) is 0.495. The normalized spacial score (nSPS) is 32.4. The fourth-order valence-electron chi connectivity index (χ4n) is 2.77. The molecule has 100 valence electrons. The summed E-state index contributed by atoms with van der Waals surface area (Å²) in [5.74, 6) is 0.885. The van der Waals surface area contributed by atoms with Crippen molar-refractivity contribution >= 4 is 22.6 Å². The highest BCUT2D eigenvalue weighted by Gasteiger charge is 2.45. The van der Waals surface area contributed by atoms with E-state index < -0.39 is 0 Å². The highest BCUT2D eigenvalue weighted by molar-refractivity contribution is 14.1. The monoisotopic (exact) mass is 352 g/mol. The Bertz CT molecular complexity index is 247. The van der Waals surface area contributed by atoms with Gasteiger partial charge in [0.05, 0.1) is 6.10 Å². The maximum Gasteiger partial charge on any atom is 0.155 e. The molecule has 1 aliphatic rings. The summed E-state index contributed by atoms with van der Waals surface area (Å²) in [6.07, 6.45) is 6.07. The third-order valence-electron chi connectivity index (χ3n) is 3.76. The smallest absolute Gasteiger partial charge is 0.155 e. The van der Waals surface area contributed by atoms with E-state index in [1.165, 1.54) is 19.3 Å². The summed E-state index contributed by atoms with van der Waals surface area (Å²) in [6.45, 7) is 9.30. The van der Waals surface area contributed by atoms with Crippen molar-refractivity contribution in [2.45, 2.75) is 59.4 Å². The first-order valence-corrected chi connectivity index (χ1v) is 7.84. The molecule has 0 aromatic heterocycles. The molecule has 0 heterocycles. The molecule has 0 spiro atoms. The Morgan fingerprint density at radius 1 is 1.41 bits per heavy atom. The summed E-state index contributed by atoms with van der Waals surface area (Å²) in [4.78, 5) is 0. The molecule has 1 aliphatic carbocycles. The van der Waals surface area contributed by atoms with Gasteiger partial charge in [0, 0.05) is 6.61 Å². The molecule has 0 saturated heterocycles. The molecule has 0 N–H and O–H groups in total. The Balaban J connectivity index is 2.54. The summed E-state index contributed by atoms with van der Waals surface area (Å²) in [5.41, 5.74) is 0.299. The minimum absolute atomic E-state index is 0.116. The summed E-state index contributed by atoms with van der Waals surface area (Å²) in [6, 6.07) is 0. The molecular formula is C14H25IO2. The van der Waals surface area contributed by atoms with Crippen LogP contribution in [0.15, 0.2) is 10.2 Å². The molecule has 3 heteroatoms. The molecule has 0 bridgehead atoms. The average Bonchev–Trinajstić information content (AvgIpc) is 2.24. The van der Waals surface area contributed by atoms with E-state index in [4.69, 9.17) is 9.47 Å². The zero-order valence-electron chi connectivity index (χ0n) is 11.4. The topological polar surface area (TPSA) is 18.5 Å². The molecule has 2 atom stereocenters. The van der Waals surface area contributed by atoms with Crippen LogP contribution in [0, 0.1) is 11.3 Å². The average molecular weight is 352 g/mol. The second-order valence-corrected chi connectivity index (χ2v) is 5.95. The van der Waals surface area contributed by atoms with Crippen LogP contribution in [0.3, 0.4) is 0 Å². The van der Waals surface area contributed by atoms with E-state index in [0.717, 1.165) is 5.92 Å². The largest absolute Gasteiger partial charge is 0.353 e. The molecule has 2 unspecified atom stereocenters. The number of rotatable bonds is 7. The molecule has 0 aliphatic heterocycles. The highest BCUT2D eigenvalue weighted by atomic mass is 127. The van der Waals surface area contributed by atoms with E-state index in [-0.39, 0.29) is 12.4 Å². The van der Waals surface area contributed by atoms with Gasteiger partial charge >= 0.3 is 0 Å². The van der Waals surface area contributed by atoms with Crippen LogP contribution in [-0.2, 0) is 9.47 Å². The van der Waals surface area contributed by atoms with Crippen LogP contribution in [-0.4, -0.2) is 19.0 Å². The van der Waals surface area contributed by atoms with Gasteiger partial charge in [0.1, 0.15) is 0 Å². The lowest BCUT2D eigenvalue weighted by molar-refractivity contribution is -0.188. The second-order valence-electron chi connectivity index (χ2n) is 5.23. The Kier molecular flexibility index (Phi) is 6.45. The van der Waals surface area contributed by atoms with Crippen molar-refractivity contribution in [3.8, 4) is 0 Å². The van der Waals surface area contributed by atoms with Crippen LogP contribution in [0.2, 0.25) is 0 Å². The van der Waals surface area contributed by atoms with Crippen LogP contribution in [0.5, 0.6) is 0 Å². The Hall–Kier alpha value is 0.390. The van der Waals surface area contributed by atoms with Gasteiger partial charge < -0.3 is 9.47 Å². The first kappa shape index (κ1) is 15.4. The number of hydrogen-bond donors (Lipinski definition) is 0. The van der Waals surface area contributed by atoms with Crippen molar-refractivity contribution in [1.82, 2.24) is 0 Å². The predicted molar refractivity (Wildman–Crippen MR) is 80.2 cm³/mol. The van der Waals surface area contributed by atoms with Gasteiger partial charge in [-0.1, -0.05) is 42.9 Å². The standard InChI is InChI=1S/C14H25IO2/c1-5-12-9-14(4,10-12)13(7-8-15)17-11(3)16-6-2/h7-8,11-13H,5-6,9-10H2,1-4H3. The van der Waals surface area contributed by atoms with E-state index in [9.17, 15) is 0 Å². The maximum atomic E-state index is 6.02. The van der Waals surface area contributed by atoms with Crippen LogP contribution in [0.25, 0.3) is 0 Å². The number of ether oxygens (including phenoxy) is 2. The molecule has 1 fully saturated rings. The molecule has 0 radical (unpaired) electrons. The minimum atomic E-state index is -0.116. The van der Waals surface area contributed by atoms with Crippen LogP contribution < -0.4 is 0 Å². The summed E-state index contributed by atoms with van der Waals surface area (Å²) in [7, 11) is 0. The van der Waals surface area contributed by atoms with E-state index >= 15 is 0 Å². The van der Waals surface area contributed by atoms with Gasteiger partial charge in [0.25, 0.3) is 0 Å². The fourth-order valence-corrected chi connectivity index (χ4v) is 3.15. The Morgan fingerprint density at radius 3 is 2.53 bits per heavy atom. The van der Waals surface area contributed by atoms with Crippen molar-refractivity contribution in [3.05, 3.63) is 10.2 Å². The fraction of sp³-hybridized carbons (Fsp3) is 0.857. The zero-order valence-corrected chi connectivity index (χ0v) is 13.6. The third kappa shape index (κ3) is 4.21. The molecule has 2 nitrogen and oxygen atoms in total. The molecule has 1 saturated carbocycles. The van der Waals surface area contributed by atoms with E-state index in [1.54, 1.807) is 0 Å². The Morgan fingerprint density at radius 2 is 2.06 bits per heavy atom. The molecular weight excluding hydrogens is 327 g/mol. The van der Waals surface area contributed by atoms with Crippen LogP contribution in [0.1, 0.15) is 47.0 Å². The molecule has 0 aromatic rings. The van der Waals surface area contributed by atoms with Crippen molar-refractivity contribution in [1.29, 1.82) is 0 Å². The summed E-state index contributed by atoms with van der Waals surface area (Å²) < 4.78 is 13.6. The van der Waals surface area contributed by atoms with Gasteiger partial charge in [-0.3, -0.25) is 0 Å². The lowest BCUT2D eigenvalue weighted by Gasteiger charge is -2.49. The summed E-state index contributed by atoms with van der Waals surface area (Å²) in [5, 5.41) is 0. The van der Waals surface area contributed by atoms with Crippen molar-refractivity contribution in [3.63, 3.8) is 0 Å². The van der Waals surface area contributed by atoms with Crippen LogP contribution >= 0.6 is 22.6 Å². The van der Waals surface area contributed by atoms with Gasteiger partial charge in [-0.05, 0) is 48.2 Å². The van der Waals surface area contributed by atoms with E-state index in [1.807, 2.05) is 13.8 Å². The Labute approximate surface area is 119 Å². The van der Waals surface area contributed by atoms with Gasteiger partial charge in [-0.25, -0.2) is 0 Å². The van der Waals surface area contributed by atoms with Crippen molar-refractivity contribution < 1.29 is 9.47 Å². The third-order valence-corrected chi connectivity index (χ3v) is 4.18. The lowest BCUT2D eigenvalue weighted by Crippen LogP contribution is -2.45. The highest BCUT2D eigenvalue weighted by Crippen LogP contribution is 2.50. The predicted octanol–water partition coefficient (Wildman–Crippen LogP) is 4.53. The minimum Gasteiger partial charge on any atom is -0.353 e. The van der Waals surface area contributed by atoms with Crippen LogP contribution in [0.4, 0.5) is 0 Å². The van der Waals surface area contributed by atoms with E-state index in [0.29, 0.717) is 12.0 Å². The summed E-state index contributed by atoms with van der Waals surface area (Å²) >= 11 is 2.26. The van der Waals surface area contributed by atoms with E-state index in [2.05, 4.69) is 46.6 Å². The SMILES string of the molecule is CCOC(C)OC(C=CI)C1(C)CC(CC)C1. The van der Waals surface area contributed by atoms with Crippen molar-refractivity contribution in [2.75, 3.05) is 6.61 Å². The molecule has 17 heavy (non-hydrogen) atoms. The van der Waals surface area contributed by atoms with Gasteiger partial charge in [0.15, 0.2) is 6.29 Å². The molecule has 0 aromatic carbocycles. The van der Waals surface area contributed by atoms with Gasteiger partial charge in [-0.15, -0.1) is 0 Å².